The average molecular weight is 482 g/mol. The molecule has 0 aromatic heterocycles. The summed E-state index contributed by atoms with van der Waals surface area (Å²) < 4.78 is 50.9. The standard InChI is InChI=1S/C21H27N3O8S/c1-4-31-18-14-17(23-8-10-30-11-9-23)19(32-5-2)13-16(18)22-33(27,28)21-7-6-15(24(25)26)12-20(21)29-3/h6-7,12-14,22H,4-5,8-11H2,1-3H3. The van der Waals surface area contributed by atoms with E-state index >= 15 is 0 Å². The van der Waals surface area contributed by atoms with Crippen LogP contribution in [0.25, 0.3) is 0 Å². The third-order valence-electron chi connectivity index (χ3n) is 4.90. The highest BCUT2D eigenvalue weighted by molar-refractivity contribution is 7.92. The van der Waals surface area contributed by atoms with Gasteiger partial charge in [0.15, 0.2) is 0 Å². The average Bonchev–Trinajstić information content (AvgIpc) is 2.80. The number of rotatable bonds is 10. The molecule has 1 N–H and O–H groups in total. The summed E-state index contributed by atoms with van der Waals surface area (Å²) in [5.74, 6) is 0.674. The van der Waals surface area contributed by atoms with E-state index in [1.807, 2.05) is 6.92 Å². The molecule has 0 saturated carbocycles. The van der Waals surface area contributed by atoms with Crippen molar-refractivity contribution >= 4 is 27.1 Å². The number of methoxy groups -OCH3 is 1. The fourth-order valence-corrected chi connectivity index (χ4v) is 4.63. The normalized spacial score (nSPS) is 14.0. The van der Waals surface area contributed by atoms with Gasteiger partial charge in [0.1, 0.15) is 22.1 Å². The number of morpholine rings is 1. The van der Waals surface area contributed by atoms with Crippen LogP contribution in [0.15, 0.2) is 35.2 Å². The predicted molar refractivity (Wildman–Crippen MR) is 122 cm³/mol. The highest BCUT2D eigenvalue weighted by Crippen LogP contribution is 2.41. The Hall–Kier alpha value is -3.25. The first-order valence-electron chi connectivity index (χ1n) is 10.4. The van der Waals surface area contributed by atoms with E-state index < -0.39 is 14.9 Å². The Morgan fingerprint density at radius 2 is 1.73 bits per heavy atom. The first-order chi connectivity index (χ1) is 15.8. The Balaban J connectivity index is 2.04. The summed E-state index contributed by atoms with van der Waals surface area (Å²) in [6.45, 7) is 6.80. The van der Waals surface area contributed by atoms with Crippen molar-refractivity contribution in [2.75, 3.05) is 56.2 Å². The van der Waals surface area contributed by atoms with Crippen LogP contribution in [0, 0.1) is 10.1 Å². The van der Waals surface area contributed by atoms with E-state index in [2.05, 4.69) is 9.62 Å². The molecule has 12 heteroatoms. The zero-order valence-electron chi connectivity index (χ0n) is 18.7. The summed E-state index contributed by atoms with van der Waals surface area (Å²) in [7, 11) is -2.93. The molecule has 0 unspecified atom stereocenters. The highest BCUT2D eigenvalue weighted by Gasteiger charge is 2.26. The quantitative estimate of drug-likeness (QED) is 0.402. The molecule has 1 aliphatic rings. The maximum Gasteiger partial charge on any atom is 0.273 e. The van der Waals surface area contributed by atoms with Crippen molar-refractivity contribution in [3.05, 3.63) is 40.4 Å². The number of non-ortho nitro benzene ring substituents is 1. The third kappa shape index (κ3) is 5.57. The zero-order chi connectivity index (χ0) is 24.0. The fourth-order valence-electron chi connectivity index (χ4n) is 3.42. The van der Waals surface area contributed by atoms with Crippen LogP contribution in [-0.2, 0) is 14.8 Å². The summed E-state index contributed by atoms with van der Waals surface area (Å²) >= 11 is 0. The molecule has 2 aromatic rings. The van der Waals surface area contributed by atoms with Crippen molar-refractivity contribution in [1.29, 1.82) is 0 Å². The van der Waals surface area contributed by atoms with Crippen LogP contribution < -0.4 is 23.8 Å². The molecule has 0 aliphatic carbocycles. The topological polar surface area (TPSA) is 129 Å². The second kappa shape index (κ2) is 10.6. The smallest absolute Gasteiger partial charge is 0.273 e. The van der Waals surface area contributed by atoms with Gasteiger partial charge in [-0.15, -0.1) is 0 Å². The lowest BCUT2D eigenvalue weighted by Gasteiger charge is -2.31. The number of nitrogens with one attached hydrogen (secondary N) is 1. The van der Waals surface area contributed by atoms with E-state index in [-0.39, 0.29) is 22.0 Å². The minimum absolute atomic E-state index is 0.148. The van der Waals surface area contributed by atoms with Gasteiger partial charge in [0, 0.05) is 31.3 Å². The monoisotopic (exact) mass is 481 g/mol. The van der Waals surface area contributed by atoms with Crippen molar-refractivity contribution in [3.8, 4) is 17.2 Å². The van der Waals surface area contributed by atoms with Crippen molar-refractivity contribution in [3.63, 3.8) is 0 Å². The van der Waals surface area contributed by atoms with Gasteiger partial charge in [0.2, 0.25) is 0 Å². The molecule has 0 bridgehead atoms. The molecular weight excluding hydrogens is 454 g/mol. The molecule has 180 valence electrons. The highest BCUT2D eigenvalue weighted by atomic mass is 32.2. The predicted octanol–water partition coefficient (Wildman–Crippen LogP) is 3.04. The number of benzene rings is 2. The summed E-state index contributed by atoms with van der Waals surface area (Å²) in [6.07, 6.45) is 0. The van der Waals surface area contributed by atoms with Crippen LogP contribution in [0.1, 0.15) is 13.8 Å². The largest absolute Gasteiger partial charge is 0.495 e. The van der Waals surface area contributed by atoms with Gasteiger partial charge in [0.25, 0.3) is 15.7 Å². The molecule has 1 fully saturated rings. The molecule has 2 aromatic carbocycles. The number of anilines is 2. The van der Waals surface area contributed by atoms with Crippen LogP contribution in [-0.4, -0.2) is 60.0 Å². The Morgan fingerprint density at radius 3 is 2.33 bits per heavy atom. The maximum atomic E-state index is 13.2. The summed E-state index contributed by atoms with van der Waals surface area (Å²) in [5, 5.41) is 11.0. The lowest BCUT2D eigenvalue weighted by molar-refractivity contribution is -0.385. The molecule has 0 radical (unpaired) electrons. The third-order valence-corrected chi connectivity index (χ3v) is 6.31. The number of hydrogen-bond donors (Lipinski definition) is 1. The summed E-state index contributed by atoms with van der Waals surface area (Å²) in [4.78, 5) is 12.3. The second-order valence-corrected chi connectivity index (χ2v) is 8.63. The Kier molecular flexibility index (Phi) is 7.82. The van der Waals surface area contributed by atoms with E-state index in [0.29, 0.717) is 51.0 Å². The molecule has 3 rings (SSSR count). The Morgan fingerprint density at radius 1 is 1.06 bits per heavy atom. The van der Waals surface area contributed by atoms with Crippen LogP contribution >= 0.6 is 0 Å². The van der Waals surface area contributed by atoms with Gasteiger partial charge in [-0.25, -0.2) is 8.42 Å². The van der Waals surface area contributed by atoms with Crippen molar-refractivity contribution in [2.45, 2.75) is 18.7 Å². The number of hydrogen-bond acceptors (Lipinski definition) is 9. The number of sulfonamides is 1. The molecule has 1 heterocycles. The van der Waals surface area contributed by atoms with Crippen molar-refractivity contribution in [1.82, 2.24) is 0 Å². The van der Waals surface area contributed by atoms with E-state index in [4.69, 9.17) is 18.9 Å². The van der Waals surface area contributed by atoms with Gasteiger partial charge in [-0.2, -0.15) is 0 Å². The van der Waals surface area contributed by atoms with E-state index in [0.717, 1.165) is 23.9 Å². The zero-order valence-corrected chi connectivity index (χ0v) is 19.5. The molecule has 1 aliphatic heterocycles. The van der Waals surface area contributed by atoms with Gasteiger partial charge in [-0.1, -0.05) is 0 Å². The van der Waals surface area contributed by atoms with Gasteiger partial charge in [0.05, 0.1) is 55.9 Å². The SMILES string of the molecule is CCOc1cc(N2CCOCC2)c(OCC)cc1NS(=O)(=O)c1ccc([N+](=O)[O-])cc1OC. The van der Waals surface area contributed by atoms with Gasteiger partial charge in [-0.3, -0.25) is 14.8 Å². The van der Waals surface area contributed by atoms with E-state index in [1.165, 1.54) is 7.11 Å². The molecule has 0 amide bonds. The van der Waals surface area contributed by atoms with Gasteiger partial charge < -0.3 is 23.8 Å². The molecule has 0 spiro atoms. The van der Waals surface area contributed by atoms with Crippen LogP contribution in [0.4, 0.5) is 17.1 Å². The Labute approximate surface area is 192 Å². The summed E-state index contributed by atoms with van der Waals surface area (Å²) in [6, 6.07) is 6.61. The van der Waals surface area contributed by atoms with Crippen LogP contribution in [0.3, 0.4) is 0 Å². The maximum absolute atomic E-state index is 13.2. The van der Waals surface area contributed by atoms with Crippen LogP contribution in [0.2, 0.25) is 0 Å². The van der Waals surface area contributed by atoms with Gasteiger partial charge >= 0.3 is 0 Å². The molecule has 0 atom stereocenters. The van der Waals surface area contributed by atoms with Crippen LogP contribution in [0.5, 0.6) is 17.2 Å². The van der Waals surface area contributed by atoms with E-state index in [9.17, 15) is 18.5 Å². The molecule has 1 saturated heterocycles. The number of nitro benzene ring substituents is 1. The first-order valence-corrected chi connectivity index (χ1v) is 11.9. The Bertz CT molecular complexity index is 1100. The number of nitro groups is 1. The second-order valence-electron chi connectivity index (χ2n) is 6.98. The minimum Gasteiger partial charge on any atom is -0.495 e. The lowest BCUT2D eigenvalue weighted by Crippen LogP contribution is -2.36. The first kappa shape index (κ1) is 24.4. The lowest BCUT2D eigenvalue weighted by atomic mass is 10.2. The fraction of sp³-hybridized carbons (Fsp3) is 0.429. The molecule has 11 nitrogen and oxygen atoms in total. The van der Waals surface area contributed by atoms with Crippen molar-refractivity contribution < 1.29 is 32.3 Å². The van der Waals surface area contributed by atoms with E-state index in [1.54, 1.807) is 19.1 Å². The van der Waals surface area contributed by atoms with Gasteiger partial charge in [-0.05, 0) is 19.9 Å². The van der Waals surface area contributed by atoms with Crippen molar-refractivity contribution in [2.24, 2.45) is 0 Å². The molecule has 33 heavy (non-hydrogen) atoms. The minimum atomic E-state index is -4.18. The summed E-state index contributed by atoms with van der Waals surface area (Å²) in [5.41, 5.74) is 0.673. The number of ether oxygens (including phenoxy) is 4. The number of nitrogens with zero attached hydrogens (tertiary/aromatic N) is 2. The molecular formula is C21H27N3O8S.